The minimum absolute atomic E-state index is 0.592. The van der Waals surface area contributed by atoms with Crippen molar-refractivity contribution in [1.82, 2.24) is 5.10 Å². The molecule has 0 aliphatic rings. The van der Waals surface area contributed by atoms with Crippen LogP contribution in [-0.4, -0.2) is 12.2 Å². The SMILES string of the molecule is CC.CC.COc1ccccc1-c1oc(-c2ccccc2)n[n+]1C. The average molecular weight is 327 g/mol. The Hall–Kier alpha value is -2.62. The quantitative estimate of drug-likeness (QED) is 0.643. The van der Waals surface area contributed by atoms with Gasteiger partial charge in [0.15, 0.2) is 7.05 Å². The second-order valence-electron chi connectivity index (χ2n) is 4.40. The Balaban J connectivity index is 0.000000671. The van der Waals surface area contributed by atoms with Gasteiger partial charge in [0.2, 0.25) is 0 Å². The molecule has 0 saturated carbocycles. The molecule has 0 aliphatic heterocycles. The highest BCUT2D eigenvalue weighted by Gasteiger charge is 2.24. The van der Waals surface area contributed by atoms with E-state index in [4.69, 9.17) is 9.15 Å². The summed E-state index contributed by atoms with van der Waals surface area (Å²) in [6, 6.07) is 17.6. The third-order valence-corrected chi connectivity index (χ3v) is 3.09. The number of methoxy groups -OCH3 is 1. The Kier molecular flexibility index (Phi) is 8.26. The summed E-state index contributed by atoms with van der Waals surface area (Å²) in [5, 5.41) is 4.43. The van der Waals surface area contributed by atoms with Crippen LogP contribution in [0.1, 0.15) is 27.7 Å². The molecule has 0 saturated heterocycles. The number of benzene rings is 2. The van der Waals surface area contributed by atoms with E-state index in [-0.39, 0.29) is 0 Å². The number of aryl methyl sites for hydroxylation is 1. The van der Waals surface area contributed by atoms with Crippen LogP contribution >= 0.6 is 0 Å². The standard InChI is InChI=1S/C16H15N2O2.2C2H6/c1-18-16(13-10-6-7-11-14(13)19-2)20-15(17-18)12-8-4-3-5-9-12;2*1-2/h3-11H,1-2H3;2*1-2H3/q+1;;. The van der Waals surface area contributed by atoms with Crippen molar-refractivity contribution in [1.29, 1.82) is 0 Å². The lowest BCUT2D eigenvalue weighted by atomic mass is 10.2. The molecule has 3 rings (SSSR count). The van der Waals surface area contributed by atoms with Gasteiger partial charge in [-0.05, 0) is 28.9 Å². The highest BCUT2D eigenvalue weighted by atomic mass is 16.5. The van der Waals surface area contributed by atoms with Crippen molar-refractivity contribution in [3.63, 3.8) is 0 Å². The van der Waals surface area contributed by atoms with Crippen molar-refractivity contribution in [3.05, 3.63) is 54.6 Å². The second kappa shape index (κ2) is 10.2. The summed E-state index contributed by atoms with van der Waals surface area (Å²) in [4.78, 5) is 0. The molecule has 0 atom stereocenters. The molecular formula is C20H27N2O2+. The zero-order chi connectivity index (χ0) is 17.9. The maximum atomic E-state index is 5.90. The lowest BCUT2D eigenvalue weighted by Gasteiger charge is -2.01. The molecule has 0 aliphatic carbocycles. The smallest absolute Gasteiger partial charge is 0.411 e. The predicted molar refractivity (Wildman–Crippen MR) is 97.8 cm³/mol. The average Bonchev–Trinajstić information content (AvgIpc) is 3.07. The van der Waals surface area contributed by atoms with Gasteiger partial charge in [0.25, 0.3) is 5.89 Å². The lowest BCUT2D eigenvalue weighted by molar-refractivity contribution is -0.719. The van der Waals surface area contributed by atoms with Crippen molar-refractivity contribution in [2.24, 2.45) is 7.05 Å². The number of ether oxygens (including phenoxy) is 1. The fraction of sp³-hybridized carbons (Fsp3) is 0.300. The summed E-state index contributed by atoms with van der Waals surface area (Å²) in [7, 11) is 3.50. The fourth-order valence-corrected chi connectivity index (χ4v) is 2.11. The summed E-state index contributed by atoms with van der Waals surface area (Å²) >= 11 is 0. The highest BCUT2D eigenvalue weighted by Crippen LogP contribution is 2.29. The topological polar surface area (TPSA) is 39.1 Å². The molecule has 128 valence electrons. The van der Waals surface area contributed by atoms with E-state index >= 15 is 0 Å². The van der Waals surface area contributed by atoms with Crippen LogP contribution in [0.2, 0.25) is 0 Å². The molecule has 1 aromatic heterocycles. The maximum absolute atomic E-state index is 5.90. The minimum atomic E-state index is 0.592. The minimum Gasteiger partial charge on any atom is -0.496 e. The van der Waals surface area contributed by atoms with Crippen LogP contribution in [0.3, 0.4) is 0 Å². The molecule has 0 bridgehead atoms. The van der Waals surface area contributed by atoms with Gasteiger partial charge >= 0.3 is 5.89 Å². The Morgan fingerprint density at radius 1 is 0.875 bits per heavy atom. The van der Waals surface area contributed by atoms with E-state index in [1.54, 1.807) is 11.8 Å². The van der Waals surface area contributed by atoms with E-state index in [1.165, 1.54) is 0 Å². The molecule has 3 aromatic rings. The number of hydrogen-bond donors (Lipinski definition) is 0. The van der Waals surface area contributed by atoms with E-state index < -0.39 is 0 Å². The van der Waals surface area contributed by atoms with E-state index in [9.17, 15) is 0 Å². The van der Waals surface area contributed by atoms with Crippen LogP contribution < -0.4 is 9.42 Å². The van der Waals surface area contributed by atoms with E-state index in [1.807, 2.05) is 89.3 Å². The molecule has 0 N–H and O–H groups in total. The number of aromatic nitrogens is 2. The largest absolute Gasteiger partial charge is 0.496 e. The summed E-state index contributed by atoms with van der Waals surface area (Å²) in [6.07, 6.45) is 0. The van der Waals surface area contributed by atoms with Gasteiger partial charge in [-0.1, -0.05) is 58.0 Å². The van der Waals surface area contributed by atoms with E-state index in [0.29, 0.717) is 11.8 Å². The van der Waals surface area contributed by atoms with Crippen LogP contribution in [-0.2, 0) is 7.05 Å². The van der Waals surface area contributed by atoms with Crippen LogP contribution in [0.4, 0.5) is 0 Å². The first-order chi connectivity index (χ1) is 11.8. The Bertz CT molecular complexity index is 722. The van der Waals surface area contributed by atoms with Gasteiger partial charge in [0.1, 0.15) is 11.3 Å². The van der Waals surface area contributed by atoms with Gasteiger partial charge in [-0.3, -0.25) is 0 Å². The van der Waals surface area contributed by atoms with E-state index in [2.05, 4.69) is 5.10 Å². The molecule has 2 aromatic carbocycles. The fourth-order valence-electron chi connectivity index (χ4n) is 2.11. The number of rotatable bonds is 3. The molecule has 0 spiro atoms. The first-order valence-corrected chi connectivity index (χ1v) is 8.35. The molecule has 0 fully saturated rings. The molecule has 0 radical (unpaired) electrons. The molecule has 1 heterocycles. The van der Waals surface area contributed by atoms with Crippen molar-refractivity contribution < 1.29 is 13.8 Å². The predicted octanol–water partition coefficient (Wildman–Crippen LogP) is 4.89. The summed E-state index contributed by atoms with van der Waals surface area (Å²) < 4.78 is 13.0. The zero-order valence-corrected chi connectivity index (χ0v) is 15.4. The molecule has 0 amide bonds. The number of hydrogen-bond acceptors (Lipinski definition) is 3. The number of nitrogens with zero attached hydrogens (tertiary/aromatic N) is 2. The maximum Gasteiger partial charge on any atom is 0.411 e. The third kappa shape index (κ3) is 4.44. The summed E-state index contributed by atoms with van der Waals surface area (Å²) in [5.41, 5.74) is 1.83. The summed E-state index contributed by atoms with van der Waals surface area (Å²) in [6.45, 7) is 8.00. The Morgan fingerprint density at radius 3 is 2.08 bits per heavy atom. The molecular weight excluding hydrogens is 300 g/mol. The Morgan fingerprint density at radius 2 is 1.46 bits per heavy atom. The number of para-hydroxylation sites is 1. The van der Waals surface area contributed by atoms with Crippen molar-refractivity contribution >= 4 is 0 Å². The monoisotopic (exact) mass is 327 g/mol. The van der Waals surface area contributed by atoms with Gasteiger partial charge in [-0.2, -0.15) is 0 Å². The van der Waals surface area contributed by atoms with Gasteiger partial charge < -0.3 is 9.15 Å². The van der Waals surface area contributed by atoms with E-state index in [0.717, 1.165) is 16.9 Å². The summed E-state index contributed by atoms with van der Waals surface area (Å²) in [5.74, 6) is 2.02. The van der Waals surface area contributed by atoms with Gasteiger partial charge in [-0.15, -0.1) is 0 Å². The molecule has 24 heavy (non-hydrogen) atoms. The first-order valence-electron chi connectivity index (χ1n) is 8.35. The van der Waals surface area contributed by atoms with Crippen LogP contribution in [0.15, 0.2) is 59.0 Å². The Labute approximate surface area is 144 Å². The molecule has 4 nitrogen and oxygen atoms in total. The van der Waals surface area contributed by atoms with Crippen LogP contribution in [0.5, 0.6) is 5.75 Å². The normalized spacial score (nSPS) is 9.25. The lowest BCUT2D eigenvalue weighted by Crippen LogP contribution is -2.32. The van der Waals surface area contributed by atoms with Crippen LogP contribution in [0.25, 0.3) is 22.9 Å². The molecule has 4 heteroatoms. The van der Waals surface area contributed by atoms with Gasteiger partial charge in [-0.25, -0.2) is 0 Å². The highest BCUT2D eigenvalue weighted by molar-refractivity contribution is 5.62. The second-order valence-corrected chi connectivity index (χ2v) is 4.40. The van der Waals surface area contributed by atoms with Crippen molar-refractivity contribution in [2.45, 2.75) is 27.7 Å². The van der Waals surface area contributed by atoms with Gasteiger partial charge in [0.05, 0.1) is 7.11 Å². The molecule has 0 unspecified atom stereocenters. The third-order valence-electron chi connectivity index (χ3n) is 3.09. The van der Waals surface area contributed by atoms with Crippen molar-refractivity contribution in [2.75, 3.05) is 7.11 Å². The van der Waals surface area contributed by atoms with Crippen molar-refractivity contribution in [3.8, 4) is 28.7 Å². The van der Waals surface area contributed by atoms with Gasteiger partial charge in [0, 0.05) is 10.7 Å². The zero-order valence-electron chi connectivity index (χ0n) is 15.4. The first kappa shape index (κ1) is 19.4. The van der Waals surface area contributed by atoms with Crippen LogP contribution in [0, 0.1) is 0 Å².